The lowest BCUT2D eigenvalue weighted by Gasteiger charge is -2.41. The van der Waals surface area contributed by atoms with Crippen LogP contribution in [0.1, 0.15) is 49.8 Å². The van der Waals surface area contributed by atoms with Gasteiger partial charge in [0.2, 0.25) is 0 Å². The molecule has 31 heavy (non-hydrogen) atoms. The van der Waals surface area contributed by atoms with Crippen LogP contribution in [0.25, 0.3) is 11.0 Å². The summed E-state index contributed by atoms with van der Waals surface area (Å²) in [6, 6.07) is 15.5. The maximum absolute atomic E-state index is 6.66. The molecule has 0 N–H and O–H groups in total. The maximum Gasteiger partial charge on any atom is 0.139 e. The lowest BCUT2D eigenvalue weighted by atomic mass is 9.73. The van der Waals surface area contributed by atoms with Gasteiger partial charge in [0.1, 0.15) is 7.85 Å². The van der Waals surface area contributed by atoms with Gasteiger partial charge in [-0.25, -0.2) is 4.98 Å². The average Bonchev–Trinajstić information content (AvgIpc) is 3.52. The lowest BCUT2D eigenvalue weighted by molar-refractivity contribution is 0.00702. The van der Waals surface area contributed by atoms with Gasteiger partial charge >= 0.3 is 0 Å². The normalized spacial score (nSPS) is 20.2. The molecule has 0 spiro atoms. The number of nitrogens with zero attached hydrogens (tertiary/aromatic N) is 3. The number of hydrogen-bond donors (Lipinski definition) is 0. The topological polar surface area (TPSA) is 30.3 Å². The van der Waals surface area contributed by atoms with Crippen molar-refractivity contribution in [1.82, 2.24) is 14.5 Å². The Morgan fingerprint density at radius 1 is 1.16 bits per heavy atom. The second-order valence-corrected chi connectivity index (χ2v) is 9.97. The van der Waals surface area contributed by atoms with E-state index in [1.165, 1.54) is 34.9 Å². The van der Waals surface area contributed by atoms with E-state index >= 15 is 0 Å². The third-order valence-electron chi connectivity index (χ3n) is 7.43. The summed E-state index contributed by atoms with van der Waals surface area (Å²) in [5.41, 5.74) is 6.38. The molecule has 1 aliphatic heterocycles. The van der Waals surface area contributed by atoms with Crippen molar-refractivity contribution in [2.24, 2.45) is 5.92 Å². The van der Waals surface area contributed by atoms with Crippen LogP contribution in [0.5, 0.6) is 0 Å². The molecule has 0 radical (unpaired) electrons. The summed E-state index contributed by atoms with van der Waals surface area (Å²) in [6.07, 6.45) is 7.04. The highest BCUT2D eigenvalue weighted by Crippen LogP contribution is 2.38. The molecule has 4 nitrogen and oxygen atoms in total. The van der Waals surface area contributed by atoms with Crippen LogP contribution in [0, 0.1) is 5.92 Å². The van der Waals surface area contributed by atoms with E-state index in [2.05, 4.69) is 73.7 Å². The zero-order valence-corrected chi connectivity index (χ0v) is 19.2. The predicted molar refractivity (Wildman–Crippen MR) is 130 cm³/mol. The van der Waals surface area contributed by atoms with Crippen LogP contribution in [0.4, 0.5) is 0 Å². The molecule has 1 saturated heterocycles. The van der Waals surface area contributed by atoms with Gasteiger partial charge in [-0.15, -0.1) is 0 Å². The highest BCUT2D eigenvalue weighted by molar-refractivity contribution is 6.33. The zero-order valence-electron chi connectivity index (χ0n) is 19.2. The molecule has 3 aromatic rings. The highest BCUT2D eigenvalue weighted by Gasteiger charge is 2.36. The third-order valence-corrected chi connectivity index (χ3v) is 7.43. The Labute approximate surface area is 187 Å². The van der Waals surface area contributed by atoms with Crippen molar-refractivity contribution in [2.75, 3.05) is 26.7 Å². The number of aromatic nitrogens is 2. The van der Waals surface area contributed by atoms with E-state index in [0.29, 0.717) is 0 Å². The summed E-state index contributed by atoms with van der Waals surface area (Å²) in [5, 5.41) is 0. The number of rotatable bonds is 7. The standard InChI is InChI=1S/C26H34BN3O/c1-19(23-14-22(27)15-24-25(23)28-18-30(24)16-20-8-9-20)31-17-26(10-12-29(2)13-11-26)21-6-4-3-5-7-21/h3-7,14-15,18-20H,8-13,16-17,27H2,1-2H3/t19-/m1/s1. The minimum absolute atomic E-state index is 0.0203. The van der Waals surface area contributed by atoms with Crippen molar-refractivity contribution in [2.45, 2.75) is 50.7 Å². The molecule has 2 aliphatic rings. The van der Waals surface area contributed by atoms with Gasteiger partial charge in [0.05, 0.1) is 30.1 Å². The minimum Gasteiger partial charge on any atom is -0.373 e. The van der Waals surface area contributed by atoms with E-state index < -0.39 is 0 Å². The van der Waals surface area contributed by atoms with Crippen LogP contribution < -0.4 is 5.46 Å². The van der Waals surface area contributed by atoms with Crippen LogP contribution in [0.2, 0.25) is 0 Å². The highest BCUT2D eigenvalue weighted by atomic mass is 16.5. The number of piperidine rings is 1. The summed E-state index contributed by atoms with van der Waals surface area (Å²) < 4.78 is 9.00. The average molecular weight is 415 g/mol. The van der Waals surface area contributed by atoms with Crippen LogP contribution >= 0.6 is 0 Å². The molecule has 5 heteroatoms. The molecule has 0 unspecified atom stereocenters. The maximum atomic E-state index is 6.66. The zero-order chi connectivity index (χ0) is 21.4. The van der Waals surface area contributed by atoms with Crippen LogP contribution in [-0.4, -0.2) is 49.0 Å². The Bertz CT molecular complexity index is 1040. The van der Waals surface area contributed by atoms with E-state index in [4.69, 9.17) is 9.72 Å². The summed E-state index contributed by atoms with van der Waals surface area (Å²) >= 11 is 0. The Morgan fingerprint density at radius 2 is 1.90 bits per heavy atom. The fraction of sp³-hybridized carbons (Fsp3) is 0.500. The van der Waals surface area contributed by atoms with Crippen molar-refractivity contribution in [3.63, 3.8) is 0 Å². The van der Waals surface area contributed by atoms with Gasteiger partial charge in [0.25, 0.3) is 0 Å². The summed E-state index contributed by atoms with van der Waals surface area (Å²) in [4.78, 5) is 7.25. The first-order valence-corrected chi connectivity index (χ1v) is 11.9. The van der Waals surface area contributed by atoms with Crippen molar-refractivity contribution < 1.29 is 4.74 Å². The van der Waals surface area contributed by atoms with E-state index in [9.17, 15) is 0 Å². The number of fused-ring (bicyclic) bond motifs is 1. The molecule has 2 heterocycles. The van der Waals surface area contributed by atoms with E-state index in [-0.39, 0.29) is 11.5 Å². The van der Waals surface area contributed by atoms with Crippen molar-refractivity contribution in [3.05, 3.63) is 59.9 Å². The van der Waals surface area contributed by atoms with Crippen LogP contribution in [-0.2, 0) is 16.7 Å². The van der Waals surface area contributed by atoms with Crippen LogP contribution in [0.15, 0.2) is 48.8 Å². The molecule has 0 amide bonds. The van der Waals surface area contributed by atoms with Gasteiger partial charge in [-0.1, -0.05) is 41.9 Å². The van der Waals surface area contributed by atoms with Crippen molar-refractivity contribution >= 4 is 24.3 Å². The molecular formula is C26H34BN3O. The Balaban J connectivity index is 1.39. The molecule has 2 aromatic carbocycles. The summed E-state index contributed by atoms with van der Waals surface area (Å²) in [7, 11) is 4.41. The number of ether oxygens (including phenoxy) is 1. The van der Waals surface area contributed by atoms with E-state index in [1.54, 1.807) is 0 Å². The van der Waals surface area contributed by atoms with Gasteiger partial charge in [-0.2, -0.15) is 0 Å². The van der Waals surface area contributed by atoms with Crippen molar-refractivity contribution in [1.29, 1.82) is 0 Å². The fourth-order valence-corrected chi connectivity index (χ4v) is 5.10. The van der Waals surface area contributed by atoms with Gasteiger partial charge < -0.3 is 14.2 Å². The Kier molecular flexibility index (Phi) is 5.66. The smallest absolute Gasteiger partial charge is 0.139 e. The first kappa shape index (κ1) is 20.8. The molecule has 162 valence electrons. The lowest BCUT2D eigenvalue weighted by Crippen LogP contribution is -2.44. The van der Waals surface area contributed by atoms with E-state index in [0.717, 1.165) is 50.5 Å². The number of imidazole rings is 1. The first-order valence-electron chi connectivity index (χ1n) is 11.9. The largest absolute Gasteiger partial charge is 0.373 e. The quantitative estimate of drug-likeness (QED) is 0.554. The molecule has 0 bridgehead atoms. The molecule has 2 fully saturated rings. The van der Waals surface area contributed by atoms with Gasteiger partial charge in [-0.05, 0) is 70.3 Å². The Hall–Kier alpha value is -2.11. The molecule has 1 aromatic heterocycles. The molecular weight excluding hydrogens is 381 g/mol. The molecule has 1 atom stereocenters. The van der Waals surface area contributed by atoms with Gasteiger partial charge in [0.15, 0.2) is 0 Å². The monoisotopic (exact) mass is 415 g/mol. The second-order valence-electron chi connectivity index (χ2n) is 9.97. The first-order chi connectivity index (χ1) is 15.0. The summed E-state index contributed by atoms with van der Waals surface area (Å²) in [5.74, 6) is 0.838. The predicted octanol–water partition coefficient (Wildman–Crippen LogP) is 3.45. The SMILES string of the molecule is Bc1cc([C@@H](C)OCC2(c3ccccc3)CCN(C)CC2)c2ncn(CC3CC3)c2c1. The van der Waals surface area contributed by atoms with Gasteiger partial charge in [0, 0.05) is 17.5 Å². The van der Waals surface area contributed by atoms with Gasteiger partial charge in [-0.3, -0.25) is 0 Å². The summed E-state index contributed by atoms with van der Waals surface area (Å²) in [6.45, 7) is 6.28. The Morgan fingerprint density at radius 3 is 2.61 bits per heavy atom. The third kappa shape index (κ3) is 4.31. The number of likely N-dealkylation sites (tertiary alicyclic amines) is 1. The second kappa shape index (κ2) is 8.44. The molecule has 1 saturated carbocycles. The number of benzene rings is 2. The van der Waals surface area contributed by atoms with Crippen LogP contribution in [0.3, 0.4) is 0 Å². The van der Waals surface area contributed by atoms with Crippen molar-refractivity contribution in [3.8, 4) is 0 Å². The fourth-order valence-electron chi connectivity index (χ4n) is 5.10. The molecule has 1 aliphatic carbocycles. The molecule has 5 rings (SSSR count). The minimum atomic E-state index is 0.0203. The number of hydrogen-bond acceptors (Lipinski definition) is 3. The van der Waals surface area contributed by atoms with E-state index in [1.807, 2.05) is 6.33 Å².